The molecule has 12 heavy (non-hydrogen) atoms. The van der Waals surface area contributed by atoms with Crippen LogP contribution in [0.4, 0.5) is 4.79 Å². The van der Waals surface area contributed by atoms with Crippen LogP contribution in [0.2, 0.25) is 5.02 Å². The quantitative estimate of drug-likeness (QED) is 0.738. The van der Waals surface area contributed by atoms with Gasteiger partial charge in [-0.05, 0) is 17.7 Å². The van der Waals surface area contributed by atoms with Gasteiger partial charge in [-0.25, -0.2) is 0 Å². The van der Waals surface area contributed by atoms with Crippen molar-refractivity contribution in [2.75, 3.05) is 0 Å². The predicted octanol–water partition coefficient (Wildman–Crippen LogP) is 0.773. The van der Waals surface area contributed by atoms with E-state index in [1.165, 1.54) is 0 Å². The number of benzene rings is 1. The Morgan fingerprint density at radius 3 is 2.50 bits per heavy atom. The highest BCUT2D eigenvalue weighted by molar-refractivity contribution is 6.30. The number of carboxylic acid groups (broad SMARTS) is 1. The van der Waals surface area contributed by atoms with Crippen molar-refractivity contribution in [2.45, 2.75) is 6.54 Å². The van der Waals surface area contributed by atoms with Crippen LogP contribution in [-0.4, -0.2) is 6.09 Å². The van der Waals surface area contributed by atoms with Crippen LogP contribution < -0.4 is 10.4 Å². The van der Waals surface area contributed by atoms with Crippen molar-refractivity contribution in [1.82, 2.24) is 5.32 Å². The van der Waals surface area contributed by atoms with E-state index < -0.39 is 6.09 Å². The second-order valence-electron chi connectivity index (χ2n) is 2.27. The molecule has 0 radical (unpaired) electrons. The van der Waals surface area contributed by atoms with Crippen molar-refractivity contribution in [3.8, 4) is 0 Å². The number of rotatable bonds is 2. The Morgan fingerprint density at radius 1 is 1.42 bits per heavy atom. The lowest BCUT2D eigenvalue weighted by Gasteiger charge is -2.05. The summed E-state index contributed by atoms with van der Waals surface area (Å²) in [6.45, 7) is 0.250. The molecule has 0 aliphatic rings. The lowest BCUT2D eigenvalue weighted by atomic mass is 10.2. The zero-order valence-electron chi connectivity index (χ0n) is 6.21. The Bertz CT molecular complexity index is 271. The Balaban J connectivity index is 2.53. The van der Waals surface area contributed by atoms with Gasteiger partial charge in [0.15, 0.2) is 0 Å². The summed E-state index contributed by atoms with van der Waals surface area (Å²) in [5, 5.41) is 12.8. The van der Waals surface area contributed by atoms with Crippen LogP contribution in [0.5, 0.6) is 0 Å². The average Bonchev–Trinajstić information content (AvgIpc) is 2.03. The second-order valence-corrected chi connectivity index (χ2v) is 2.70. The monoisotopic (exact) mass is 184 g/mol. The second kappa shape index (κ2) is 3.97. The molecule has 0 aliphatic carbocycles. The SMILES string of the molecule is O=C([O-])NCc1ccc(Cl)cc1. The van der Waals surface area contributed by atoms with E-state index in [1.54, 1.807) is 24.3 Å². The molecule has 4 heteroatoms. The summed E-state index contributed by atoms with van der Waals surface area (Å²) in [6.07, 6.45) is -1.27. The fourth-order valence-corrected chi connectivity index (χ4v) is 0.902. The average molecular weight is 185 g/mol. The Kier molecular flexibility index (Phi) is 2.94. The van der Waals surface area contributed by atoms with Gasteiger partial charge in [-0.2, -0.15) is 0 Å². The summed E-state index contributed by atoms with van der Waals surface area (Å²) in [7, 11) is 0. The van der Waals surface area contributed by atoms with Crippen LogP contribution in [-0.2, 0) is 6.54 Å². The van der Waals surface area contributed by atoms with Crippen molar-refractivity contribution < 1.29 is 9.90 Å². The first-order valence-electron chi connectivity index (χ1n) is 3.38. The van der Waals surface area contributed by atoms with Gasteiger partial charge in [-0.1, -0.05) is 23.7 Å². The third-order valence-corrected chi connectivity index (χ3v) is 1.60. The fraction of sp³-hybridized carbons (Fsp3) is 0.125. The minimum Gasteiger partial charge on any atom is -0.530 e. The highest BCUT2D eigenvalue weighted by Crippen LogP contribution is 2.08. The summed E-state index contributed by atoms with van der Waals surface area (Å²) in [4.78, 5) is 9.99. The maximum atomic E-state index is 9.99. The van der Waals surface area contributed by atoms with Crippen LogP contribution in [0.3, 0.4) is 0 Å². The standard InChI is InChI=1S/C8H8ClNO2/c9-7-3-1-6(2-4-7)5-10-8(11)12/h1-4,10H,5H2,(H,11,12)/p-1. The van der Waals surface area contributed by atoms with Crippen LogP contribution in [0, 0.1) is 0 Å². The lowest BCUT2D eigenvalue weighted by Crippen LogP contribution is -2.35. The molecule has 0 bridgehead atoms. The molecule has 3 nitrogen and oxygen atoms in total. The van der Waals surface area contributed by atoms with Crippen molar-refractivity contribution in [3.63, 3.8) is 0 Å². The van der Waals surface area contributed by atoms with Crippen molar-refractivity contribution in [1.29, 1.82) is 0 Å². The van der Waals surface area contributed by atoms with E-state index in [2.05, 4.69) is 5.32 Å². The van der Waals surface area contributed by atoms with Gasteiger partial charge in [-0.15, -0.1) is 0 Å². The molecule has 1 N–H and O–H groups in total. The highest BCUT2D eigenvalue weighted by Gasteiger charge is 1.91. The van der Waals surface area contributed by atoms with Gasteiger partial charge < -0.3 is 15.2 Å². The lowest BCUT2D eigenvalue weighted by molar-refractivity contribution is -0.251. The first kappa shape index (κ1) is 8.87. The molecule has 1 rings (SSSR count). The number of amides is 1. The Labute approximate surface area is 75.0 Å². The van der Waals surface area contributed by atoms with E-state index >= 15 is 0 Å². The molecule has 0 aliphatic heterocycles. The third-order valence-electron chi connectivity index (χ3n) is 1.35. The first-order valence-corrected chi connectivity index (χ1v) is 3.75. The molecule has 0 unspecified atom stereocenters. The van der Waals surface area contributed by atoms with Crippen LogP contribution in [0.1, 0.15) is 5.56 Å². The van der Waals surface area contributed by atoms with E-state index in [9.17, 15) is 9.90 Å². The van der Waals surface area contributed by atoms with Gasteiger partial charge in [0.25, 0.3) is 0 Å². The largest absolute Gasteiger partial charge is 0.530 e. The summed E-state index contributed by atoms with van der Waals surface area (Å²) in [6, 6.07) is 6.90. The van der Waals surface area contributed by atoms with Gasteiger partial charge in [0.1, 0.15) is 6.09 Å². The predicted molar refractivity (Wildman–Crippen MR) is 43.7 cm³/mol. The van der Waals surface area contributed by atoms with Crippen molar-refractivity contribution >= 4 is 17.7 Å². The fourth-order valence-electron chi connectivity index (χ4n) is 0.776. The number of hydrogen-bond donors (Lipinski definition) is 1. The first-order chi connectivity index (χ1) is 5.68. The highest BCUT2D eigenvalue weighted by atomic mass is 35.5. The van der Waals surface area contributed by atoms with E-state index in [0.717, 1.165) is 5.56 Å². The molecule has 0 fully saturated rings. The third kappa shape index (κ3) is 2.80. The Morgan fingerprint density at radius 2 is 2.00 bits per heavy atom. The van der Waals surface area contributed by atoms with Gasteiger partial charge >= 0.3 is 0 Å². The molecular formula is C8H7ClNO2-. The van der Waals surface area contributed by atoms with E-state index in [1.807, 2.05) is 0 Å². The van der Waals surface area contributed by atoms with Gasteiger partial charge in [-0.3, -0.25) is 0 Å². The van der Waals surface area contributed by atoms with Crippen LogP contribution in [0.25, 0.3) is 0 Å². The van der Waals surface area contributed by atoms with Gasteiger partial charge in [0.05, 0.1) is 0 Å². The zero-order chi connectivity index (χ0) is 8.97. The zero-order valence-corrected chi connectivity index (χ0v) is 6.97. The van der Waals surface area contributed by atoms with Crippen molar-refractivity contribution in [3.05, 3.63) is 34.9 Å². The number of carbonyl (C=O) groups excluding carboxylic acids is 1. The summed E-state index contributed by atoms with van der Waals surface area (Å²) in [5.74, 6) is 0. The normalized spacial score (nSPS) is 9.42. The summed E-state index contributed by atoms with van der Waals surface area (Å²) in [5.41, 5.74) is 0.851. The van der Waals surface area contributed by atoms with Crippen molar-refractivity contribution in [2.24, 2.45) is 0 Å². The molecule has 1 aromatic rings. The molecule has 1 aromatic carbocycles. The van der Waals surface area contributed by atoms with E-state index in [0.29, 0.717) is 5.02 Å². The number of hydrogen-bond acceptors (Lipinski definition) is 2. The van der Waals surface area contributed by atoms with Gasteiger partial charge in [0.2, 0.25) is 0 Å². The smallest absolute Gasteiger partial charge is 0.134 e. The number of halogens is 1. The maximum Gasteiger partial charge on any atom is 0.134 e. The van der Waals surface area contributed by atoms with Crippen LogP contribution >= 0.6 is 11.6 Å². The molecular weight excluding hydrogens is 178 g/mol. The summed E-state index contributed by atoms with van der Waals surface area (Å²) < 4.78 is 0. The topological polar surface area (TPSA) is 52.2 Å². The summed E-state index contributed by atoms with van der Waals surface area (Å²) >= 11 is 5.63. The Hall–Kier alpha value is -1.22. The molecule has 0 aromatic heterocycles. The minimum atomic E-state index is -1.27. The molecule has 1 amide bonds. The number of nitrogens with one attached hydrogen (secondary N) is 1. The van der Waals surface area contributed by atoms with Crippen LogP contribution in [0.15, 0.2) is 24.3 Å². The molecule has 0 atom stereocenters. The minimum absolute atomic E-state index is 0.250. The van der Waals surface area contributed by atoms with E-state index in [4.69, 9.17) is 11.6 Å². The molecule has 64 valence electrons. The number of carbonyl (C=O) groups is 1. The molecule has 0 saturated carbocycles. The van der Waals surface area contributed by atoms with Gasteiger partial charge in [0, 0.05) is 11.6 Å². The molecule has 0 saturated heterocycles. The molecule has 0 spiro atoms. The maximum absolute atomic E-state index is 9.99. The van der Waals surface area contributed by atoms with E-state index in [-0.39, 0.29) is 6.54 Å². The molecule has 0 heterocycles.